The Hall–Kier alpha value is -2.76. The van der Waals surface area contributed by atoms with Gasteiger partial charge in [-0.25, -0.2) is 9.97 Å². The second-order valence-electron chi connectivity index (χ2n) is 6.66. The van der Waals surface area contributed by atoms with Crippen LogP contribution in [0.3, 0.4) is 0 Å². The van der Waals surface area contributed by atoms with Crippen LogP contribution in [0.4, 0.5) is 5.82 Å². The van der Waals surface area contributed by atoms with E-state index in [2.05, 4.69) is 72.2 Å². The van der Waals surface area contributed by atoms with Crippen molar-refractivity contribution in [3.05, 3.63) is 77.7 Å². The lowest BCUT2D eigenvalue weighted by Crippen LogP contribution is -2.27. The molecule has 0 aliphatic heterocycles. The normalized spacial score (nSPS) is 12.4. The number of rotatable bonds is 6. The maximum absolute atomic E-state index is 4.84. The quantitative estimate of drug-likeness (QED) is 0.511. The lowest BCUT2D eigenvalue weighted by molar-refractivity contribution is 0.311. The Morgan fingerprint density at radius 2 is 1.70 bits per heavy atom. The van der Waals surface area contributed by atoms with Gasteiger partial charge in [0.1, 0.15) is 5.82 Å². The van der Waals surface area contributed by atoms with E-state index in [4.69, 9.17) is 9.97 Å². The maximum atomic E-state index is 4.84. The molecule has 5 heteroatoms. The first kappa shape index (κ1) is 17.6. The molecule has 0 aliphatic carbocycles. The number of para-hydroxylation sites is 1. The summed E-state index contributed by atoms with van der Waals surface area (Å²) in [6, 6.07) is 23.1. The van der Waals surface area contributed by atoms with E-state index in [0.29, 0.717) is 0 Å². The molecule has 0 fully saturated rings. The standard InChI is InChI=1S/C22H22N4S/c1-26(2)19(16-9-4-3-5-10-16)15-23-21-17-11-6-7-12-18(17)24-22(25-21)20-13-8-14-27-20/h3-14,19H,15H2,1-2H3,(H,23,24,25)/t19-/m1/s1. The smallest absolute Gasteiger partial charge is 0.172 e. The van der Waals surface area contributed by atoms with Crippen LogP contribution < -0.4 is 5.32 Å². The topological polar surface area (TPSA) is 41.0 Å². The molecule has 0 bridgehead atoms. The van der Waals surface area contributed by atoms with E-state index >= 15 is 0 Å². The van der Waals surface area contributed by atoms with Crippen molar-refractivity contribution in [2.45, 2.75) is 6.04 Å². The van der Waals surface area contributed by atoms with Crippen molar-refractivity contribution in [2.75, 3.05) is 26.0 Å². The highest BCUT2D eigenvalue weighted by atomic mass is 32.1. The zero-order chi connectivity index (χ0) is 18.6. The second-order valence-corrected chi connectivity index (χ2v) is 7.61. The Morgan fingerprint density at radius 3 is 2.44 bits per heavy atom. The van der Waals surface area contributed by atoms with Crippen molar-refractivity contribution in [3.8, 4) is 10.7 Å². The number of nitrogens with one attached hydrogen (secondary N) is 1. The molecule has 2 aromatic carbocycles. The van der Waals surface area contributed by atoms with E-state index in [1.807, 2.05) is 24.3 Å². The summed E-state index contributed by atoms with van der Waals surface area (Å²) in [6.45, 7) is 0.766. The summed E-state index contributed by atoms with van der Waals surface area (Å²) in [7, 11) is 4.21. The van der Waals surface area contributed by atoms with Gasteiger partial charge in [-0.3, -0.25) is 0 Å². The zero-order valence-corrected chi connectivity index (χ0v) is 16.3. The van der Waals surface area contributed by atoms with Gasteiger partial charge >= 0.3 is 0 Å². The lowest BCUT2D eigenvalue weighted by atomic mass is 10.1. The molecule has 0 spiro atoms. The molecule has 1 atom stereocenters. The number of likely N-dealkylation sites (N-methyl/N-ethyl adjacent to an activating group) is 1. The van der Waals surface area contributed by atoms with Crippen molar-refractivity contribution >= 4 is 28.1 Å². The van der Waals surface area contributed by atoms with E-state index in [0.717, 1.165) is 34.0 Å². The van der Waals surface area contributed by atoms with Gasteiger partial charge < -0.3 is 10.2 Å². The molecule has 4 rings (SSSR count). The van der Waals surface area contributed by atoms with Gasteiger partial charge in [0.25, 0.3) is 0 Å². The van der Waals surface area contributed by atoms with E-state index < -0.39 is 0 Å². The highest BCUT2D eigenvalue weighted by Gasteiger charge is 2.16. The molecule has 0 saturated carbocycles. The van der Waals surface area contributed by atoms with Gasteiger partial charge in [-0.05, 0) is 43.2 Å². The van der Waals surface area contributed by atoms with Crippen molar-refractivity contribution in [1.82, 2.24) is 14.9 Å². The summed E-state index contributed by atoms with van der Waals surface area (Å²) in [4.78, 5) is 12.9. The number of nitrogens with zero attached hydrogens (tertiary/aromatic N) is 3. The van der Waals surface area contributed by atoms with Gasteiger partial charge in [0, 0.05) is 11.9 Å². The third kappa shape index (κ3) is 3.84. The van der Waals surface area contributed by atoms with Crippen LogP contribution in [0.25, 0.3) is 21.6 Å². The average Bonchev–Trinajstić information content (AvgIpc) is 3.23. The molecule has 0 unspecified atom stereocenters. The third-order valence-electron chi connectivity index (χ3n) is 4.62. The van der Waals surface area contributed by atoms with Crippen LogP contribution in [0, 0.1) is 0 Å². The first-order valence-electron chi connectivity index (χ1n) is 8.98. The second kappa shape index (κ2) is 7.86. The summed E-state index contributed by atoms with van der Waals surface area (Å²) in [5.74, 6) is 1.65. The zero-order valence-electron chi connectivity index (χ0n) is 15.5. The fourth-order valence-corrected chi connectivity index (χ4v) is 3.85. The molecule has 0 radical (unpaired) electrons. The number of hydrogen-bond acceptors (Lipinski definition) is 5. The van der Waals surface area contributed by atoms with Gasteiger partial charge in [0.05, 0.1) is 16.4 Å². The van der Waals surface area contributed by atoms with E-state index in [-0.39, 0.29) is 6.04 Å². The third-order valence-corrected chi connectivity index (χ3v) is 5.48. The SMILES string of the molecule is CN(C)[C@H](CNc1nc(-c2cccs2)nc2ccccc12)c1ccccc1. The van der Waals surface area contributed by atoms with E-state index in [1.165, 1.54) is 5.56 Å². The Morgan fingerprint density at radius 1 is 0.926 bits per heavy atom. The van der Waals surface area contributed by atoms with E-state index in [9.17, 15) is 0 Å². The molecule has 1 N–H and O–H groups in total. The number of thiophene rings is 1. The Labute approximate surface area is 163 Å². The van der Waals surface area contributed by atoms with Crippen LogP contribution in [-0.2, 0) is 0 Å². The van der Waals surface area contributed by atoms with Crippen LogP contribution >= 0.6 is 11.3 Å². The van der Waals surface area contributed by atoms with Crippen LogP contribution in [0.1, 0.15) is 11.6 Å². The predicted octanol–water partition coefficient (Wildman–Crippen LogP) is 5.07. The molecule has 2 aromatic heterocycles. The van der Waals surface area contributed by atoms with Gasteiger partial charge in [0.2, 0.25) is 0 Å². The number of aromatic nitrogens is 2. The molecule has 0 amide bonds. The summed E-state index contributed by atoms with van der Waals surface area (Å²) < 4.78 is 0. The molecule has 136 valence electrons. The van der Waals surface area contributed by atoms with Crippen LogP contribution in [-0.4, -0.2) is 35.5 Å². The van der Waals surface area contributed by atoms with Crippen LogP contribution in [0.5, 0.6) is 0 Å². The van der Waals surface area contributed by atoms with Gasteiger partial charge in [-0.15, -0.1) is 11.3 Å². The molecule has 0 saturated heterocycles. The summed E-state index contributed by atoms with van der Waals surface area (Å²) in [5, 5.41) is 6.68. The Bertz CT molecular complexity index is 1010. The molecular formula is C22H22N4S. The van der Waals surface area contributed by atoms with Gasteiger partial charge in [-0.1, -0.05) is 48.5 Å². The molecule has 0 aliphatic rings. The Balaban J connectivity index is 1.68. The summed E-state index contributed by atoms with van der Waals surface area (Å²) in [6.07, 6.45) is 0. The average molecular weight is 375 g/mol. The molecule has 27 heavy (non-hydrogen) atoms. The molecule has 4 nitrogen and oxygen atoms in total. The van der Waals surface area contributed by atoms with Crippen LogP contribution in [0.2, 0.25) is 0 Å². The highest BCUT2D eigenvalue weighted by molar-refractivity contribution is 7.13. The first-order valence-corrected chi connectivity index (χ1v) is 9.86. The summed E-state index contributed by atoms with van der Waals surface area (Å²) in [5.41, 5.74) is 2.24. The van der Waals surface area contributed by atoms with Crippen molar-refractivity contribution < 1.29 is 0 Å². The highest BCUT2D eigenvalue weighted by Crippen LogP contribution is 2.28. The minimum Gasteiger partial charge on any atom is -0.368 e. The fourth-order valence-electron chi connectivity index (χ4n) is 3.19. The lowest BCUT2D eigenvalue weighted by Gasteiger charge is -2.25. The number of benzene rings is 2. The predicted molar refractivity (Wildman–Crippen MR) is 114 cm³/mol. The fraction of sp³-hybridized carbons (Fsp3) is 0.182. The monoisotopic (exact) mass is 374 g/mol. The summed E-state index contributed by atoms with van der Waals surface area (Å²) >= 11 is 1.66. The minimum atomic E-state index is 0.255. The van der Waals surface area contributed by atoms with Crippen molar-refractivity contribution in [2.24, 2.45) is 0 Å². The molecule has 4 aromatic rings. The van der Waals surface area contributed by atoms with Crippen LogP contribution in [0.15, 0.2) is 72.1 Å². The van der Waals surface area contributed by atoms with Crippen molar-refractivity contribution in [1.29, 1.82) is 0 Å². The molecular weight excluding hydrogens is 352 g/mol. The molecule has 2 heterocycles. The maximum Gasteiger partial charge on any atom is 0.172 e. The number of hydrogen-bond donors (Lipinski definition) is 1. The van der Waals surface area contributed by atoms with Gasteiger partial charge in [0.15, 0.2) is 5.82 Å². The first-order chi connectivity index (χ1) is 13.2. The Kier molecular flexibility index (Phi) is 5.14. The largest absolute Gasteiger partial charge is 0.368 e. The number of anilines is 1. The van der Waals surface area contributed by atoms with E-state index in [1.54, 1.807) is 11.3 Å². The van der Waals surface area contributed by atoms with Gasteiger partial charge in [-0.2, -0.15) is 0 Å². The van der Waals surface area contributed by atoms with Crippen molar-refractivity contribution in [3.63, 3.8) is 0 Å². The number of fused-ring (bicyclic) bond motifs is 1. The minimum absolute atomic E-state index is 0.255.